The van der Waals surface area contributed by atoms with Gasteiger partial charge in [-0.1, -0.05) is 72.8 Å². The van der Waals surface area contributed by atoms with Crippen molar-refractivity contribution in [3.63, 3.8) is 0 Å². The van der Waals surface area contributed by atoms with Crippen LogP contribution in [0, 0.1) is 0 Å². The number of rotatable bonds is 2. The second kappa shape index (κ2) is 7.46. The lowest BCUT2D eigenvalue weighted by Gasteiger charge is -2.13. The van der Waals surface area contributed by atoms with E-state index in [9.17, 15) is 13.2 Å². The van der Waals surface area contributed by atoms with Gasteiger partial charge in [0.15, 0.2) is 0 Å². The molecule has 0 fully saturated rings. The van der Waals surface area contributed by atoms with E-state index in [-0.39, 0.29) is 5.82 Å². The van der Waals surface area contributed by atoms with Gasteiger partial charge < -0.3 is 4.57 Å². The van der Waals surface area contributed by atoms with Gasteiger partial charge in [0.05, 0.1) is 22.1 Å². The quantitative estimate of drug-likeness (QED) is 0.246. The van der Waals surface area contributed by atoms with Crippen molar-refractivity contribution in [1.82, 2.24) is 14.1 Å². The minimum Gasteiger partial charge on any atom is -0.307 e. The van der Waals surface area contributed by atoms with Gasteiger partial charge in [0, 0.05) is 27.2 Å². The molecule has 0 aliphatic rings. The molecule has 0 N–H and O–H groups in total. The van der Waals surface area contributed by atoms with Gasteiger partial charge in [0.2, 0.25) is 0 Å². The Morgan fingerprint density at radius 1 is 0.500 bits per heavy atom. The Hall–Kier alpha value is -4.58. The normalized spacial score (nSPS) is 12.3. The molecule has 7 aromatic rings. The topological polar surface area (TPSA) is 22.8 Å². The SMILES string of the molecule is FC(F)(F)c1cccc(-n2c3ccccc3c3ccc4c5ccccc5n(-c5ccccc5)c4c32)n1. The van der Waals surface area contributed by atoms with Crippen LogP contribution < -0.4 is 0 Å². The number of hydrogen-bond acceptors (Lipinski definition) is 1. The molecule has 0 saturated heterocycles. The van der Waals surface area contributed by atoms with Crippen LogP contribution in [0.2, 0.25) is 0 Å². The van der Waals surface area contributed by atoms with Crippen LogP contribution >= 0.6 is 0 Å². The lowest BCUT2D eigenvalue weighted by molar-refractivity contribution is -0.141. The molecule has 0 atom stereocenters. The van der Waals surface area contributed by atoms with Gasteiger partial charge in [-0.25, -0.2) is 4.98 Å². The summed E-state index contributed by atoms with van der Waals surface area (Å²) < 4.78 is 45.0. The third kappa shape index (κ3) is 2.91. The number of aromatic nitrogens is 3. The van der Waals surface area contributed by atoms with Gasteiger partial charge in [-0.3, -0.25) is 4.57 Å². The minimum absolute atomic E-state index is 0.230. The zero-order valence-corrected chi connectivity index (χ0v) is 18.9. The van der Waals surface area contributed by atoms with E-state index in [1.807, 2.05) is 71.3 Å². The highest BCUT2D eigenvalue weighted by Crippen LogP contribution is 2.41. The molecule has 7 rings (SSSR count). The summed E-state index contributed by atoms with van der Waals surface area (Å²) in [6.07, 6.45) is -4.54. The summed E-state index contributed by atoms with van der Waals surface area (Å²) in [4.78, 5) is 4.08. The van der Waals surface area contributed by atoms with E-state index in [4.69, 9.17) is 0 Å². The number of alkyl halides is 3. The number of benzene rings is 4. The van der Waals surface area contributed by atoms with Crippen LogP contribution in [0.5, 0.6) is 0 Å². The lowest BCUT2D eigenvalue weighted by Crippen LogP contribution is -2.10. The Morgan fingerprint density at radius 3 is 1.69 bits per heavy atom. The van der Waals surface area contributed by atoms with E-state index in [1.54, 1.807) is 6.07 Å². The first-order chi connectivity index (χ1) is 17.5. The molecule has 0 bridgehead atoms. The number of nitrogens with zero attached hydrogens (tertiary/aromatic N) is 3. The largest absolute Gasteiger partial charge is 0.433 e. The Kier molecular flexibility index (Phi) is 4.30. The number of fused-ring (bicyclic) bond motifs is 7. The van der Waals surface area contributed by atoms with Gasteiger partial charge in [-0.2, -0.15) is 13.2 Å². The molecule has 0 saturated carbocycles. The Labute approximate surface area is 203 Å². The van der Waals surface area contributed by atoms with Crippen molar-refractivity contribution in [2.75, 3.05) is 0 Å². The molecule has 0 amide bonds. The highest BCUT2D eigenvalue weighted by atomic mass is 19.4. The molecule has 0 aliphatic heterocycles. The van der Waals surface area contributed by atoms with E-state index >= 15 is 0 Å². The van der Waals surface area contributed by atoms with Crippen molar-refractivity contribution >= 4 is 43.6 Å². The van der Waals surface area contributed by atoms with Gasteiger partial charge in [-0.05, 0) is 36.4 Å². The van der Waals surface area contributed by atoms with Crippen LogP contribution in [0.3, 0.4) is 0 Å². The number of para-hydroxylation sites is 3. The van der Waals surface area contributed by atoms with Crippen molar-refractivity contribution in [3.05, 3.63) is 115 Å². The second-order valence-electron chi connectivity index (χ2n) is 8.78. The van der Waals surface area contributed by atoms with Crippen LogP contribution in [-0.4, -0.2) is 14.1 Å². The highest BCUT2D eigenvalue weighted by Gasteiger charge is 2.33. The molecule has 36 heavy (non-hydrogen) atoms. The van der Waals surface area contributed by atoms with Crippen molar-refractivity contribution in [1.29, 1.82) is 0 Å². The second-order valence-corrected chi connectivity index (χ2v) is 8.78. The predicted molar refractivity (Wildman–Crippen MR) is 138 cm³/mol. The fraction of sp³-hybridized carbons (Fsp3) is 0.0333. The Balaban J connectivity index is 1.74. The first kappa shape index (κ1) is 20.8. The summed E-state index contributed by atoms with van der Waals surface area (Å²) in [5.74, 6) is 0.230. The van der Waals surface area contributed by atoms with Crippen molar-refractivity contribution < 1.29 is 13.2 Å². The maximum Gasteiger partial charge on any atom is 0.433 e. The van der Waals surface area contributed by atoms with E-state index in [0.717, 1.165) is 55.4 Å². The van der Waals surface area contributed by atoms with Gasteiger partial charge in [0.1, 0.15) is 11.5 Å². The first-order valence-corrected chi connectivity index (χ1v) is 11.6. The minimum atomic E-state index is -4.54. The van der Waals surface area contributed by atoms with Crippen molar-refractivity contribution in [2.45, 2.75) is 6.18 Å². The zero-order chi connectivity index (χ0) is 24.4. The molecule has 3 aromatic heterocycles. The summed E-state index contributed by atoms with van der Waals surface area (Å²) in [7, 11) is 0. The van der Waals surface area contributed by atoms with Gasteiger partial charge in [0.25, 0.3) is 0 Å². The molecule has 3 heterocycles. The number of hydrogen-bond donors (Lipinski definition) is 0. The fourth-order valence-electron chi connectivity index (χ4n) is 5.29. The van der Waals surface area contributed by atoms with Crippen molar-refractivity contribution in [2.24, 2.45) is 0 Å². The van der Waals surface area contributed by atoms with Gasteiger partial charge in [-0.15, -0.1) is 0 Å². The molecule has 6 heteroatoms. The van der Waals surface area contributed by atoms with E-state index in [1.165, 1.54) is 6.07 Å². The number of halogens is 3. The molecular formula is C30H18F3N3. The molecule has 0 aliphatic carbocycles. The molecular weight excluding hydrogens is 459 g/mol. The molecule has 174 valence electrons. The van der Waals surface area contributed by atoms with Crippen LogP contribution in [0.4, 0.5) is 13.2 Å². The van der Waals surface area contributed by atoms with E-state index in [2.05, 4.69) is 33.8 Å². The molecule has 0 spiro atoms. The van der Waals surface area contributed by atoms with Crippen molar-refractivity contribution in [3.8, 4) is 11.5 Å². The smallest absolute Gasteiger partial charge is 0.307 e. The molecule has 4 aromatic carbocycles. The van der Waals surface area contributed by atoms with Crippen LogP contribution in [0.1, 0.15) is 5.69 Å². The van der Waals surface area contributed by atoms with Crippen LogP contribution in [0.25, 0.3) is 55.1 Å². The highest BCUT2D eigenvalue weighted by molar-refractivity contribution is 6.23. The summed E-state index contributed by atoms with van der Waals surface area (Å²) in [6, 6.07) is 34.2. The average molecular weight is 477 g/mol. The summed E-state index contributed by atoms with van der Waals surface area (Å²) in [5.41, 5.74) is 3.64. The summed E-state index contributed by atoms with van der Waals surface area (Å²) >= 11 is 0. The zero-order valence-electron chi connectivity index (χ0n) is 18.9. The lowest BCUT2D eigenvalue weighted by atomic mass is 10.1. The summed E-state index contributed by atoms with van der Waals surface area (Å²) in [5, 5.41) is 4.01. The molecule has 0 radical (unpaired) electrons. The number of pyridine rings is 1. The predicted octanol–water partition coefficient (Wildman–Crippen LogP) is 8.29. The monoisotopic (exact) mass is 477 g/mol. The third-order valence-corrected chi connectivity index (χ3v) is 6.74. The average Bonchev–Trinajstić information content (AvgIpc) is 3.42. The maximum atomic E-state index is 13.6. The van der Waals surface area contributed by atoms with E-state index < -0.39 is 11.9 Å². The Bertz CT molecular complexity index is 1930. The molecule has 0 unspecified atom stereocenters. The standard InChI is InChI=1S/C30H18F3N3/c31-30(32,33)26-15-8-16-27(34-26)36-25-14-7-5-12-21(25)23-18-17-22-20-11-4-6-13-24(20)35(28(22)29(23)36)19-9-2-1-3-10-19/h1-18H. The summed E-state index contributed by atoms with van der Waals surface area (Å²) in [6.45, 7) is 0. The van der Waals surface area contributed by atoms with Crippen LogP contribution in [0.15, 0.2) is 109 Å². The molecule has 3 nitrogen and oxygen atoms in total. The first-order valence-electron chi connectivity index (χ1n) is 11.6. The van der Waals surface area contributed by atoms with Gasteiger partial charge >= 0.3 is 6.18 Å². The van der Waals surface area contributed by atoms with E-state index in [0.29, 0.717) is 0 Å². The Morgan fingerprint density at radius 2 is 1.06 bits per heavy atom. The third-order valence-electron chi connectivity index (χ3n) is 6.74. The fourth-order valence-corrected chi connectivity index (χ4v) is 5.29. The van der Waals surface area contributed by atoms with Crippen LogP contribution in [-0.2, 0) is 6.18 Å². The maximum absolute atomic E-state index is 13.6.